The maximum absolute atomic E-state index is 5.13. The molecule has 0 fully saturated rings. The summed E-state index contributed by atoms with van der Waals surface area (Å²) in [5.41, 5.74) is 5.13. The van der Waals surface area contributed by atoms with Gasteiger partial charge in [0.15, 0.2) is 0 Å². The first-order valence-corrected chi connectivity index (χ1v) is 2.22. The first kappa shape index (κ1) is 11.4. The average Bonchev–Trinajstić information content (AvgIpc) is 1.69. The molecule has 2 heteroatoms. The van der Waals surface area contributed by atoms with E-state index >= 15 is 0 Å². The minimum Gasteiger partial charge on any atom is -0.394 e. The van der Waals surface area contributed by atoms with Gasteiger partial charge < -0.3 is 30.5 Å². The molecular formula is C6H9NY-2. The smallest absolute Gasteiger partial charge is 0 e. The molecule has 0 rings (SSSR count). The Morgan fingerprint density at radius 2 is 2.25 bits per heavy atom. The summed E-state index contributed by atoms with van der Waals surface area (Å²) in [6.45, 7) is 5.63. The van der Waals surface area contributed by atoms with Gasteiger partial charge in [0.05, 0.1) is 0 Å². The quantitative estimate of drug-likeness (QED) is 0.506. The number of hydrogen-bond donors (Lipinski definition) is 1. The Labute approximate surface area is 75.9 Å². The van der Waals surface area contributed by atoms with Crippen molar-refractivity contribution < 1.29 is 32.7 Å². The van der Waals surface area contributed by atoms with Gasteiger partial charge in [0.25, 0.3) is 0 Å². The van der Waals surface area contributed by atoms with E-state index in [1.807, 2.05) is 0 Å². The van der Waals surface area contributed by atoms with Crippen LogP contribution in [0.15, 0.2) is 12.2 Å². The van der Waals surface area contributed by atoms with Crippen molar-refractivity contribution in [3.63, 3.8) is 0 Å². The maximum atomic E-state index is 5.13. The molecule has 1 nitrogen and oxygen atoms in total. The summed E-state index contributed by atoms with van der Waals surface area (Å²) in [6, 6.07) is 0. The third-order valence-electron chi connectivity index (χ3n) is 0.503. The number of hydrogen-bond acceptors (Lipinski definition) is 1. The van der Waals surface area contributed by atoms with Gasteiger partial charge in [-0.05, 0) is 6.54 Å². The van der Waals surface area contributed by atoms with Gasteiger partial charge in [-0.3, -0.25) is 0 Å². The van der Waals surface area contributed by atoms with Crippen molar-refractivity contribution in [2.24, 2.45) is 5.73 Å². The van der Waals surface area contributed by atoms with Crippen LogP contribution in [0, 0.1) is 12.7 Å². The molecule has 1 radical (unpaired) electrons. The normalized spacial score (nSPS) is 8.62. The van der Waals surface area contributed by atoms with Crippen LogP contribution in [-0.4, -0.2) is 6.54 Å². The minimum absolute atomic E-state index is 0. The number of allylic oxidation sites excluding steroid dienone is 2. The van der Waals surface area contributed by atoms with E-state index in [1.54, 1.807) is 6.08 Å². The molecule has 0 aliphatic heterocycles. The van der Waals surface area contributed by atoms with Gasteiger partial charge in [-0.25, -0.2) is 0 Å². The molecule has 0 aliphatic carbocycles. The average molecular weight is 184 g/mol. The van der Waals surface area contributed by atoms with Gasteiger partial charge in [-0.1, -0.05) is 0 Å². The Morgan fingerprint density at radius 3 is 2.62 bits per heavy atom. The maximum Gasteiger partial charge on any atom is 0 e. The van der Waals surface area contributed by atoms with E-state index in [0.29, 0.717) is 6.54 Å². The largest absolute Gasteiger partial charge is 0.394 e. The van der Waals surface area contributed by atoms with Crippen molar-refractivity contribution >= 4 is 0 Å². The fraction of sp³-hybridized carbons (Fsp3) is 0.333. The fourth-order valence-electron chi connectivity index (χ4n) is 0.235. The molecule has 0 unspecified atom stereocenters. The molecule has 0 aliphatic rings. The van der Waals surface area contributed by atoms with Crippen molar-refractivity contribution in [1.29, 1.82) is 0 Å². The van der Waals surface area contributed by atoms with E-state index in [2.05, 4.69) is 6.08 Å². The van der Waals surface area contributed by atoms with Crippen LogP contribution in [-0.2, 0) is 32.7 Å². The molecule has 0 amide bonds. The van der Waals surface area contributed by atoms with E-state index in [-0.39, 0.29) is 32.7 Å². The van der Waals surface area contributed by atoms with Crippen molar-refractivity contribution in [3.8, 4) is 0 Å². The molecule has 0 atom stereocenters. The van der Waals surface area contributed by atoms with E-state index in [1.165, 1.54) is 6.08 Å². The molecule has 0 aromatic carbocycles. The Hall–Kier alpha value is 0.544. The first-order chi connectivity index (χ1) is 3.41. The molecule has 0 bridgehead atoms. The van der Waals surface area contributed by atoms with E-state index < -0.39 is 0 Å². The van der Waals surface area contributed by atoms with Crippen molar-refractivity contribution in [1.82, 2.24) is 0 Å². The van der Waals surface area contributed by atoms with E-state index in [4.69, 9.17) is 12.3 Å². The molecular weight excluding hydrogens is 175 g/mol. The SMILES string of the molecule is [CH-]=CC=[C-]CCN.[Y]. The standard InChI is InChI=1S/C6H9N.Y/c1-2-3-4-5-6-7;/h1-3H,5-7H2;/q-2;. The summed E-state index contributed by atoms with van der Waals surface area (Å²) in [6.07, 6.45) is 6.74. The van der Waals surface area contributed by atoms with Gasteiger partial charge in [0, 0.05) is 32.7 Å². The van der Waals surface area contributed by atoms with Crippen molar-refractivity contribution in [2.75, 3.05) is 6.54 Å². The molecule has 8 heavy (non-hydrogen) atoms. The first-order valence-electron chi connectivity index (χ1n) is 2.22. The Kier molecular flexibility index (Phi) is 14.9. The summed E-state index contributed by atoms with van der Waals surface area (Å²) >= 11 is 0. The predicted octanol–water partition coefficient (Wildman–Crippen LogP) is 0.681. The Bertz CT molecular complexity index is 68.9. The Morgan fingerprint density at radius 1 is 1.62 bits per heavy atom. The second kappa shape index (κ2) is 10.5. The zero-order valence-electron chi connectivity index (χ0n) is 4.80. The summed E-state index contributed by atoms with van der Waals surface area (Å²) in [5, 5.41) is 0. The van der Waals surface area contributed by atoms with E-state index in [0.717, 1.165) is 6.42 Å². The van der Waals surface area contributed by atoms with Crippen molar-refractivity contribution in [3.05, 3.63) is 24.8 Å². The van der Waals surface area contributed by atoms with Gasteiger partial charge >= 0.3 is 0 Å². The van der Waals surface area contributed by atoms with Crippen LogP contribution in [0.5, 0.6) is 0 Å². The molecule has 0 spiro atoms. The summed E-state index contributed by atoms with van der Waals surface area (Å²) in [4.78, 5) is 0. The van der Waals surface area contributed by atoms with Crippen LogP contribution < -0.4 is 5.73 Å². The molecule has 2 N–H and O–H groups in total. The van der Waals surface area contributed by atoms with Crippen LogP contribution in [0.2, 0.25) is 0 Å². The second-order valence-electron chi connectivity index (χ2n) is 1.10. The Balaban J connectivity index is 0. The summed E-state index contributed by atoms with van der Waals surface area (Å²) < 4.78 is 0. The second-order valence-corrected chi connectivity index (χ2v) is 1.10. The monoisotopic (exact) mass is 184 g/mol. The van der Waals surface area contributed by atoms with Crippen LogP contribution in [0.4, 0.5) is 0 Å². The van der Waals surface area contributed by atoms with Crippen LogP contribution in [0.3, 0.4) is 0 Å². The zero-order chi connectivity index (χ0) is 5.54. The number of rotatable bonds is 3. The topological polar surface area (TPSA) is 26.0 Å². The molecule has 0 aromatic rings. The van der Waals surface area contributed by atoms with Gasteiger partial charge in [0.1, 0.15) is 0 Å². The molecule has 0 heterocycles. The van der Waals surface area contributed by atoms with Crippen LogP contribution >= 0.6 is 0 Å². The molecule has 0 saturated carbocycles. The molecule has 0 aromatic heterocycles. The van der Waals surface area contributed by atoms with Crippen LogP contribution in [0.1, 0.15) is 6.42 Å². The third-order valence-corrected chi connectivity index (χ3v) is 0.503. The fourth-order valence-corrected chi connectivity index (χ4v) is 0.235. The zero-order valence-corrected chi connectivity index (χ0v) is 7.64. The third kappa shape index (κ3) is 9.74. The molecule has 43 valence electrons. The van der Waals surface area contributed by atoms with Crippen molar-refractivity contribution in [2.45, 2.75) is 6.42 Å². The van der Waals surface area contributed by atoms with E-state index in [9.17, 15) is 0 Å². The van der Waals surface area contributed by atoms with Crippen LogP contribution in [0.25, 0.3) is 0 Å². The van der Waals surface area contributed by atoms with Gasteiger partial charge in [-0.15, -0.1) is 6.42 Å². The van der Waals surface area contributed by atoms with Gasteiger partial charge in [0.2, 0.25) is 0 Å². The minimum atomic E-state index is 0. The summed E-state index contributed by atoms with van der Waals surface area (Å²) in [5.74, 6) is 0. The summed E-state index contributed by atoms with van der Waals surface area (Å²) in [7, 11) is 0. The molecule has 0 saturated heterocycles. The number of nitrogens with two attached hydrogens (primary N) is 1. The predicted molar refractivity (Wildman–Crippen MR) is 30.4 cm³/mol. The van der Waals surface area contributed by atoms with Gasteiger partial charge in [-0.2, -0.15) is 0 Å².